The summed E-state index contributed by atoms with van der Waals surface area (Å²) in [5.74, 6) is 0.689. The van der Waals surface area contributed by atoms with E-state index < -0.39 is 6.17 Å². The van der Waals surface area contributed by atoms with Crippen LogP contribution in [0, 0.1) is 6.92 Å². The molecule has 0 unspecified atom stereocenters. The highest BCUT2D eigenvalue weighted by Crippen LogP contribution is 2.22. The number of hydrogen-bond acceptors (Lipinski definition) is 4. The van der Waals surface area contributed by atoms with Crippen LogP contribution in [-0.4, -0.2) is 45.3 Å². The van der Waals surface area contributed by atoms with Gasteiger partial charge in [0.2, 0.25) is 0 Å². The van der Waals surface area contributed by atoms with Crippen molar-refractivity contribution in [1.82, 2.24) is 14.9 Å². The summed E-state index contributed by atoms with van der Waals surface area (Å²) in [5, 5.41) is 10.4. The van der Waals surface area contributed by atoms with Crippen LogP contribution in [0.15, 0.2) is 24.3 Å². The van der Waals surface area contributed by atoms with Crippen molar-refractivity contribution in [3.8, 4) is 0 Å². The molecular formula is C15H18FN3O. The summed E-state index contributed by atoms with van der Waals surface area (Å²) in [7, 11) is 0. The van der Waals surface area contributed by atoms with Crippen LogP contribution in [0.25, 0.3) is 10.9 Å². The van der Waals surface area contributed by atoms with Gasteiger partial charge in [-0.05, 0) is 19.4 Å². The van der Waals surface area contributed by atoms with Gasteiger partial charge in [-0.3, -0.25) is 4.90 Å². The number of likely N-dealkylation sites (tertiary alicyclic amines) is 1. The molecule has 0 saturated carbocycles. The minimum absolute atomic E-state index is 0.0208. The zero-order chi connectivity index (χ0) is 14.1. The number of para-hydroxylation sites is 1. The summed E-state index contributed by atoms with van der Waals surface area (Å²) in [6, 6.07) is 7.74. The monoisotopic (exact) mass is 275 g/mol. The number of halogens is 1. The van der Waals surface area contributed by atoms with E-state index >= 15 is 0 Å². The van der Waals surface area contributed by atoms with Gasteiger partial charge >= 0.3 is 0 Å². The molecular weight excluding hydrogens is 257 g/mol. The Morgan fingerprint density at radius 3 is 2.95 bits per heavy atom. The van der Waals surface area contributed by atoms with Crippen LogP contribution >= 0.6 is 0 Å². The maximum absolute atomic E-state index is 13.5. The van der Waals surface area contributed by atoms with Crippen LogP contribution in [0.2, 0.25) is 0 Å². The second-order valence-electron chi connectivity index (χ2n) is 5.34. The van der Waals surface area contributed by atoms with E-state index in [0.717, 1.165) is 16.6 Å². The topological polar surface area (TPSA) is 49.2 Å². The molecule has 4 nitrogen and oxygen atoms in total. The number of aryl methyl sites for hydroxylation is 1. The summed E-state index contributed by atoms with van der Waals surface area (Å²) < 4.78 is 13.5. The highest BCUT2D eigenvalue weighted by molar-refractivity contribution is 5.80. The van der Waals surface area contributed by atoms with E-state index in [1.54, 1.807) is 0 Å². The van der Waals surface area contributed by atoms with Crippen molar-refractivity contribution in [3.63, 3.8) is 0 Å². The zero-order valence-corrected chi connectivity index (χ0v) is 11.5. The van der Waals surface area contributed by atoms with Crippen molar-refractivity contribution in [2.45, 2.75) is 32.1 Å². The van der Waals surface area contributed by atoms with Crippen molar-refractivity contribution < 1.29 is 9.50 Å². The molecule has 5 heteroatoms. The minimum atomic E-state index is -0.867. The highest BCUT2D eigenvalue weighted by Gasteiger charge is 2.32. The summed E-state index contributed by atoms with van der Waals surface area (Å²) in [5.41, 5.74) is 1.84. The lowest BCUT2D eigenvalue weighted by molar-refractivity contribution is 0.150. The molecule has 0 aliphatic carbocycles. The molecule has 0 spiro atoms. The quantitative estimate of drug-likeness (QED) is 0.928. The number of aliphatic hydroxyl groups is 1. The van der Waals surface area contributed by atoms with E-state index in [0.29, 0.717) is 25.3 Å². The summed E-state index contributed by atoms with van der Waals surface area (Å²) in [4.78, 5) is 11.0. The van der Waals surface area contributed by atoms with Gasteiger partial charge in [0.1, 0.15) is 12.0 Å². The van der Waals surface area contributed by atoms with E-state index in [9.17, 15) is 9.50 Å². The molecule has 3 rings (SSSR count). The van der Waals surface area contributed by atoms with Gasteiger partial charge in [0, 0.05) is 23.7 Å². The lowest BCUT2D eigenvalue weighted by Gasteiger charge is -2.21. The molecule has 1 aromatic heterocycles. The van der Waals surface area contributed by atoms with Crippen LogP contribution < -0.4 is 0 Å². The Balaban J connectivity index is 1.87. The van der Waals surface area contributed by atoms with Gasteiger partial charge in [-0.15, -0.1) is 0 Å². The molecule has 1 aliphatic heterocycles. The molecule has 1 saturated heterocycles. The van der Waals surface area contributed by atoms with Crippen LogP contribution in [0.3, 0.4) is 0 Å². The van der Waals surface area contributed by atoms with Crippen molar-refractivity contribution in [2.75, 3.05) is 13.2 Å². The number of rotatable bonds is 3. The number of benzene rings is 1. The number of fused-ring (bicyclic) bond motifs is 1. The first-order valence-electron chi connectivity index (χ1n) is 6.88. The van der Waals surface area contributed by atoms with Gasteiger partial charge in [0.05, 0.1) is 18.7 Å². The fraction of sp³-hybridized carbons (Fsp3) is 0.467. The van der Waals surface area contributed by atoms with Gasteiger partial charge < -0.3 is 5.11 Å². The van der Waals surface area contributed by atoms with Crippen LogP contribution in [0.1, 0.15) is 17.9 Å². The average molecular weight is 275 g/mol. The smallest absolute Gasteiger partial charge is 0.143 e. The fourth-order valence-electron chi connectivity index (χ4n) is 2.85. The Bertz CT molecular complexity index is 619. The Morgan fingerprint density at radius 2 is 2.15 bits per heavy atom. The molecule has 1 aromatic carbocycles. The van der Waals surface area contributed by atoms with Gasteiger partial charge in [0.15, 0.2) is 0 Å². The van der Waals surface area contributed by atoms with Crippen molar-refractivity contribution in [1.29, 1.82) is 0 Å². The third-order valence-corrected chi connectivity index (χ3v) is 3.87. The van der Waals surface area contributed by atoms with E-state index in [1.165, 1.54) is 0 Å². The molecule has 2 aromatic rings. The van der Waals surface area contributed by atoms with E-state index in [4.69, 9.17) is 0 Å². The maximum Gasteiger partial charge on any atom is 0.143 e. The largest absolute Gasteiger partial charge is 0.395 e. The third-order valence-electron chi connectivity index (χ3n) is 3.87. The lowest BCUT2D eigenvalue weighted by atomic mass is 10.2. The predicted molar refractivity (Wildman–Crippen MR) is 75.1 cm³/mol. The highest BCUT2D eigenvalue weighted by atomic mass is 19.1. The average Bonchev–Trinajstić information content (AvgIpc) is 2.79. The zero-order valence-electron chi connectivity index (χ0n) is 11.5. The standard InChI is InChI=1S/C15H18FN3O/c1-10-13-4-2-3-5-14(13)18-15(17-10)8-19-7-11(16)6-12(19)9-20/h2-5,11-12,20H,6-9H2,1H3/t11-,12-/m0/s1. The van der Waals surface area contributed by atoms with Crippen molar-refractivity contribution in [3.05, 3.63) is 35.8 Å². The molecule has 0 bridgehead atoms. The first-order chi connectivity index (χ1) is 9.67. The number of alkyl halides is 1. The summed E-state index contributed by atoms with van der Waals surface area (Å²) >= 11 is 0. The third kappa shape index (κ3) is 2.51. The molecule has 2 heterocycles. The number of nitrogens with zero attached hydrogens (tertiary/aromatic N) is 3. The van der Waals surface area contributed by atoms with Gasteiger partial charge in [-0.2, -0.15) is 0 Å². The minimum Gasteiger partial charge on any atom is -0.395 e. The molecule has 0 amide bonds. The maximum atomic E-state index is 13.5. The second-order valence-corrected chi connectivity index (χ2v) is 5.34. The van der Waals surface area contributed by atoms with Crippen LogP contribution in [0.4, 0.5) is 4.39 Å². The Labute approximate surface area is 117 Å². The van der Waals surface area contributed by atoms with Crippen LogP contribution in [-0.2, 0) is 6.54 Å². The first kappa shape index (κ1) is 13.4. The van der Waals surface area contributed by atoms with Crippen molar-refractivity contribution >= 4 is 10.9 Å². The Kier molecular flexibility index (Phi) is 3.63. The van der Waals surface area contributed by atoms with Gasteiger partial charge in [-0.25, -0.2) is 14.4 Å². The normalized spacial score (nSPS) is 23.6. The van der Waals surface area contributed by atoms with E-state index in [2.05, 4.69) is 9.97 Å². The molecule has 1 fully saturated rings. The SMILES string of the molecule is Cc1nc(CN2C[C@@H](F)C[C@H]2CO)nc2ccccc12. The number of aromatic nitrogens is 2. The Hall–Kier alpha value is -1.59. The predicted octanol–water partition coefficient (Wildman–Crippen LogP) is 1.84. The number of aliphatic hydroxyl groups excluding tert-OH is 1. The fourth-order valence-corrected chi connectivity index (χ4v) is 2.85. The first-order valence-corrected chi connectivity index (χ1v) is 6.88. The summed E-state index contributed by atoms with van der Waals surface area (Å²) in [6.07, 6.45) is -0.475. The van der Waals surface area contributed by atoms with E-state index in [-0.39, 0.29) is 12.6 Å². The van der Waals surface area contributed by atoms with Gasteiger partial charge in [-0.1, -0.05) is 18.2 Å². The molecule has 106 valence electrons. The Morgan fingerprint density at radius 1 is 1.35 bits per heavy atom. The second kappa shape index (κ2) is 5.42. The van der Waals surface area contributed by atoms with Gasteiger partial charge in [0.25, 0.3) is 0 Å². The van der Waals surface area contributed by atoms with Crippen LogP contribution in [0.5, 0.6) is 0 Å². The molecule has 2 atom stereocenters. The van der Waals surface area contributed by atoms with Crippen molar-refractivity contribution in [2.24, 2.45) is 0 Å². The molecule has 1 aliphatic rings. The molecule has 20 heavy (non-hydrogen) atoms. The molecule has 1 N–H and O–H groups in total. The number of hydrogen-bond donors (Lipinski definition) is 1. The molecule has 0 radical (unpaired) electrons. The summed E-state index contributed by atoms with van der Waals surface area (Å²) in [6.45, 7) is 2.77. The van der Waals surface area contributed by atoms with E-state index in [1.807, 2.05) is 36.1 Å². The lowest BCUT2D eigenvalue weighted by Crippen LogP contribution is -2.32.